The first-order valence-corrected chi connectivity index (χ1v) is 9.95. The highest BCUT2D eigenvalue weighted by Crippen LogP contribution is 2.20. The van der Waals surface area contributed by atoms with Crippen molar-refractivity contribution >= 4 is 5.91 Å². The van der Waals surface area contributed by atoms with Gasteiger partial charge in [-0.1, -0.05) is 29.4 Å². The highest BCUT2D eigenvalue weighted by molar-refractivity contribution is 5.94. The Morgan fingerprint density at radius 2 is 1.75 bits per heavy atom. The molecule has 4 rings (SSSR count). The summed E-state index contributed by atoms with van der Waals surface area (Å²) in [4.78, 5) is 19.2. The molecule has 1 heterocycles. The van der Waals surface area contributed by atoms with Gasteiger partial charge in [0.1, 0.15) is 5.82 Å². The van der Waals surface area contributed by atoms with Crippen molar-refractivity contribution in [3.63, 3.8) is 0 Å². The predicted molar refractivity (Wildman–Crippen MR) is 116 cm³/mol. The highest BCUT2D eigenvalue weighted by Gasteiger charge is 2.18. The summed E-state index contributed by atoms with van der Waals surface area (Å²) in [7, 11) is 0. The zero-order valence-electron chi connectivity index (χ0n) is 17.3. The van der Waals surface area contributed by atoms with Crippen molar-refractivity contribution in [1.29, 1.82) is 5.26 Å². The molecule has 0 aliphatic carbocycles. The van der Waals surface area contributed by atoms with E-state index in [1.807, 2.05) is 12.1 Å². The van der Waals surface area contributed by atoms with Crippen LogP contribution in [0.1, 0.15) is 32.9 Å². The lowest BCUT2D eigenvalue weighted by atomic mass is 10.1. The van der Waals surface area contributed by atoms with Gasteiger partial charge in [0, 0.05) is 24.2 Å². The third-order valence-electron chi connectivity index (χ3n) is 4.91. The van der Waals surface area contributed by atoms with Gasteiger partial charge in [-0.05, 0) is 66.6 Å². The van der Waals surface area contributed by atoms with E-state index in [1.54, 1.807) is 60.4 Å². The van der Waals surface area contributed by atoms with Gasteiger partial charge < -0.3 is 9.42 Å². The van der Waals surface area contributed by atoms with Gasteiger partial charge in [0.15, 0.2) is 5.82 Å². The number of nitriles is 1. The molecule has 0 N–H and O–H groups in total. The summed E-state index contributed by atoms with van der Waals surface area (Å²) >= 11 is 0. The first-order chi connectivity index (χ1) is 15.5. The minimum Gasteiger partial charge on any atom is -0.334 e. The summed E-state index contributed by atoms with van der Waals surface area (Å²) in [5, 5.41) is 12.8. The van der Waals surface area contributed by atoms with Crippen LogP contribution in [0.2, 0.25) is 0 Å². The summed E-state index contributed by atoms with van der Waals surface area (Å²) in [5.74, 6) is 0.360. The number of hydrogen-bond donors (Lipinski definition) is 0. The maximum atomic E-state index is 13.7. The van der Waals surface area contributed by atoms with Crippen molar-refractivity contribution in [3.8, 4) is 17.5 Å². The Hall–Kier alpha value is -4.31. The SMILES string of the molecule is Cc1noc(-c2ccc(C(=O)N(Cc3ccc(C#N)cc3)Cc3cccc(F)c3)cc2)n1. The maximum Gasteiger partial charge on any atom is 0.257 e. The number of nitrogens with zero attached hydrogens (tertiary/aromatic N) is 4. The van der Waals surface area contributed by atoms with E-state index in [9.17, 15) is 9.18 Å². The highest BCUT2D eigenvalue weighted by atomic mass is 19.1. The van der Waals surface area contributed by atoms with Crippen LogP contribution < -0.4 is 0 Å². The van der Waals surface area contributed by atoms with Crippen molar-refractivity contribution in [2.45, 2.75) is 20.0 Å². The maximum absolute atomic E-state index is 13.7. The number of rotatable bonds is 6. The van der Waals surface area contributed by atoms with E-state index in [0.717, 1.165) is 5.56 Å². The topological polar surface area (TPSA) is 83.0 Å². The van der Waals surface area contributed by atoms with Gasteiger partial charge >= 0.3 is 0 Å². The van der Waals surface area contributed by atoms with Gasteiger partial charge in [0.05, 0.1) is 11.6 Å². The second-order valence-corrected chi connectivity index (χ2v) is 7.32. The van der Waals surface area contributed by atoms with Gasteiger partial charge in [-0.25, -0.2) is 4.39 Å². The van der Waals surface area contributed by atoms with Crippen LogP contribution in [0.3, 0.4) is 0 Å². The largest absolute Gasteiger partial charge is 0.334 e. The lowest BCUT2D eigenvalue weighted by molar-refractivity contribution is 0.0730. The zero-order chi connectivity index (χ0) is 22.5. The molecular weight excluding hydrogens is 407 g/mol. The Morgan fingerprint density at radius 1 is 1.03 bits per heavy atom. The Morgan fingerprint density at radius 3 is 2.38 bits per heavy atom. The Labute approximate surface area is 184 Å². The number of aryl methyl sites for hydroxylation is 1. The van der Waals surface area contributed by atoms with Gasteiger partial charge in [-0.15, -0.1) is 0 Å². The van der Waals surface area contributed by atoms with E-state index >= 15 is 0 Å². The van der Waals surface area contributed by atoms with Crippen LogP contribution in [0.25, 0.3) is 11.5 Å². The lowest BCUT2D eigenvalue weighted by Crippen LogP contribution is -2.30. The predicted octanol–water partition coefficient (Wildman–Crippen LogP) is 4.90. The first kappa shape index (κ1) is 20.9. The fraction of sp³-hybridized carbons (Fsp3) is 0.120. The molecule has 0 atom stereocenters. The Kier molecular flexibility index (Phi) is 6.04. The minimum atomic E-state index is -0.354. The average Bonchev–Trinajstić information content (AvgIpc) is 3.25. The number of hydrogen-bond acceptors (Lipinski definition) is 5. The lowest BCUT2D eigenvalue weighted by Gasteiger charge is -2.23. The molecule has 0 bridgehead atoms. The molecule has 0 spiro atoms. The third kappa shape index (κ3) is 4.87. The number of carbonyl (C=O) groups excluding carboxylic acids is 1. The van der Waals surface area contributed by atoms with Gasteiger partial charge in [0.2, 0.25) is 0 Å². The normalized spacial score (nSPS) is 10.5. The van der Waals surface area contributed by atoms with Crippen LogP contribution in [-0.4, -0.2) is 20.9 Å². The Bertz CT molecular complexity index is 1270. The van der Waals surface area contributed by atoms with E-state index in [2.05, 4.69) is 16.2 Å². The molecular formula is C25H19FN4O2. The molecule has 7 heteroatoms. The molecule has 0 unspecified atom stereocenters. The molecule has 0 saturated carbocycles. The van der Waals surface area contributed by atoms with Crippen molar-refractivity contribution in [1.82, 2.24) is 15.0 Å². The molecule has 0 aliphatic rings. The average molecular weight is 426 g/mol. The number of benzene rings is 3. The second-order valence-electron chi connectivity index (χ2n) is 7.32. The van der Waals surface area contributed by atoms with Crippen LogP contribution >= 0.6 is 0 Å². The van der Waals surface area contributed by atoms with Crippen molar-refractivity contribution in [2.24, 2.45) is 0 Å². The zero-order valence-corrected chi connectivity index (χ0v) is 17.3. The van der Waals surface area contributed by atoms with E-state index < -0.39 is 0 Å². The van der Waals surface area contributed by atoms with E-state index in [-0.39, 0.29) is 18.3 Å². The summed E-state index contributed by atoms with van der Waals surface area (Å²) in [5.41, 5.74) is 3.29. The van der Waals surface area contributed by atoms with Gasteiger partial charge in [0.25, 0.3) is 11.8 Å². The summed E-state index contributed by atoms with van der Waals surface area (Å²) in [6.07, 6.45) is 0. The van der Waals surface area contributed by atoms with Gasteiger partial charge in [-0.2, -0.15) is 10.2 Å². The number of halogens is 1. The van der Waals surface area contributed by atoms with E-state index in [0.29, 0.717) is 40.5 Å². The fourth-order valence-electron chi connectivity index (χ4n) is 3.31. The van der Waals surface area contributed by atoms with Crippen LogP contribution in [0.5, 0.6) is 0 Å². The molecule has 6 nitrogen and oxygen atoms in total. The molecule has 0 saturated heterocycles. The van der Waals surface area contributed by atoms with Crippen molar-refractivity contribution < 1.29 is 13.7 Å². The van der Waals surface area contributed by atoms with Crippen molar-refractivity contribution in [3.05, 3.63) is 107 Å². The number of carbonyl (C=O) groups is 1. The smallest absolute Gasteiger partial charge is 0.257 e. The first-order valence-electron chi connectivity index (χ1n) is 9.95. The molecule has 1 amide bonds. The van der Waals surface area contributed by atoms with Crippen LogP contribution in [0.15, 0.2) is 77.3 Å². The quantitative estimate of drug-likeness (QED) is 0.438. The molecule has 32 heavy (non-hydrogen) atoms. The minimum absolute atomic E-state index is 0.202. The van der Waals surface area contributed by atoms with Crippen LogP contribution in [0.4, 0.5) is 4.39 Å². The van der Waals surface area contributed by atoms with Crippen LogP contribution in [-0.2, 0) is 13.1 Å². The summed E-state index contributed by atoms with van der Waals surface area (Å²) in [6, 6.07) is 22.2. The summed E-state index contributed by atoms with van der Waals surface area (Å²) in [6.45, 7) is 2.28. The van der Waals surface area contributed by atoms with E-state index in [1.165, 1.54) is 12.1 Å². The number of aromatic nitrogens is 2. The van der Waals surface area contributed by atoms with Gasteiger partial charge in [-0.3, -0.25) is 4.79 Å². The third-order valence-corrected chi connectivity index (χ3v) is 4.91. The standard InChI is InChI=1S/C25H19FN4O2/c1-17-28-24(32-29-17)21-9-11-22(12-10-21)25(31)30(16-20-3-2-4-23(26)13-20)15-19-7-5-18(14-27)6-8-19/h2-13H,15-16H2,1H3. The van der Waals surface area contributed by atoms with Crippen molar-refractivity contribution in [2.75, 3.05) is 0 Å². The molecule has 4 aromatic rings. The monoisotopic (exact) mass is 426 g/mol. The molecule has 158 valence electrons. The second kappa shape index (κ2) is 9.23. The molecule has 0 fully saturated rings. The van der Waals surface area contributed by atoms with Crippen LogP contribution in [0, 0.1) is 24.1 Å². The molecule has 3 aromatic carbocycles. The fourth-order valence-corrected chi connectivity index (χ4v) is 3.31. The Balaban J connectivity index is 1.60. The van der Waals surface area contributed by atoms with E-state index in [4.69, 9.17) is 9.78 Å². The molecule has 0 aliphatic heterocycles. The number of amides is 1. The summed E-state index contributed by atoms with van der Waals surface area (Å²) < 4.78 is 18.9. The molecule has 1 aromatic heterocycles. The molecule has 0 radical (unpaired) electrons.